The fraction of sp³-hybridized carbons (Fsp3) is 0.941. The summed E-state index contributed by atoms with van der Waals surface area (Å²) in [6.07, 6.45) is 7.40. The number of nitriles is 1. The van der Waals surface area contributed by atoms with Crippen LogP contribution in [0.4, 0.5) is 0 Å². The van der Waals surface area contributed by atoms with Crippen molar-refractivity contribution in [1.82, 2.24) is 10.2 Å². The molecule has 0 radical (unpaired) electrons. The van der Waals surface area contributed by atoms with Crippen molar-refractivity contribution in [3.63, 3.8) is 0 Å². The summed E-state index contributed by atoms with van der Waals surface area (Å²) in [7, 11) is 0. The minimum absolute atomic E-state index is 0.159. The summed E-state index contributed by atoms with van der Waals surface area (Å²) in [5, 5.41) is 12.7. The fourth-order valence-electron chi connectivity index (χ4n) is 2.86. The first-order chi connectivity index (χ1) is 9.44. The first kappa shape index (κ1) is 17.5. The first-order valence-electron chi connectivity index (χ1n) is 8.33. The van der Waals surface area contributed by atoms with Gasteiger partial charge in [0.15, 0.2) is 0 Å². The molecule has 1 aliphatic rings. The molecule has 1 atom stereocenters. The maximum atomic E-state index is 9.04. The van der Waals surface area contributed by atoms with Crippen LogP contribution in [0.5, 0.6) is 0 Å². The molecule has 1 fully saturated rings. The van der Waals surface area contributed by atoms with Crippen molar-refractivity contribution in [2.75, 3.05) is 19.6 Å². The van der Waals surface area contributed by atoms with E-state index in [1.54, 1.807) is 0 Å². The zero-order valence-electron chi connectivity index (χ0n) is 13.9. The highest BCUT2D eigenvalue weighted by Gasteiger charge is 2.19. The molecule has 3 nitrogen and oxygen atoms in total. The van der Waals surface area contributed by atoms with E-state index in [-0.39, 0.29) is 5.41 Å². The highest BCUT2D eigenvalue weighted by Crippen LogP contribution is 2.22. The van der Waals surface area contributed by atoms with Crippen LogP contribution < -0.4 is 5.32 Å². The molecular formula is C17H33N3. The molecule has 1 N–H and O–H groups in total. The summed E-state index contributed by atoms with van der Waals surface area (Å²) in [4.78, 5) is 2.60. The van der Waals surface area contributed by atoms with E-state index in [0.29, 0.717) is 12.1 Å². The lowest BCUT2D eigenvalue weighted by atomic mass is 9.89. The van der Waals surface area contributed by atoms with Gasteiger partial charge in [-0.15, -0.1) is 0 Å². The van der Waals surface area contributed by atoms with E-state index in [2.05, 4.69) is 30.1 Å². The van der Waals surface area contributed by atoms with E-state index in [4.69, 9.17) is 5.26 Å². The zero-order chi connectivity index (χ0) is 15.0. The molecule has 0 bridgehead atoms. The molecule has 1 aliphatic heterocycles. The molecule has 20 heavy (non-hydrogen) atoms. The van der Waals surface area contributed by atoms with Gasteiger partial charge in [0.2, 0.25) is 0 Å². The Morgan fingerprint density at radius 1 is 1.30 bits per heavy atom. The van der Waals surface area contributed by atoms with Gasteiger partial charge in [0.1, 0.15) is 0 Å². The Kier molecular flexibility index (Phi) is 7.55. The molecule has 0 aromatic heterocycles. The van der Waals surface area contributed by atoms with Crippen LogP contribution in [0, 0.1) is 16.7 Å². The zero-order valence-corrected chi connectivity index (χ0v) is 13.9. The highest BCUT2D eigenvalue weighted by atomic mass is 15.2. The third-order valence-electron chi connectivity index (χ3n) is 4.40. The second-order valence-electron chi connectivity index (χ2n) is 7.19. The second kappa shape index (κ2) is 8.64. The molecule has 1 rings (SSSR count). The lowest BCUT2D eigenvalue weighted by molar-refractivity contribution is 0.180. The topological polar surface area (TPSA) is 39.1 Å². The van der Waals surface area contributed by atoms with E-state index in [1.807, 2.05) is 13.8 Å². The van der Waals surface area contributed by atoms with E-state index < -0.39 is 0 Å². The van der Waals surface area contributed by atoms with Crippen LogP contribution in [0.3, 0.4) is 0 Å². The third kappa shape index (κ3) is 6.72. The molecule has 1 heterocycles. The summed E-state index contributed by atoms with van der Waals surface area (Å²) in [5.74, 6) is 0. The summed E-state index contributed by atoms with van der Waals surface area (Å²) in [5.41, 5.74) is -0.159. The van der Waals surface area contributed by atoms with Crippen LogP contribution in [0.15, 0.2) is 0 Å². The maximum absolute atomic E-state index is 9.04. The van der Waals surface area contributed by atoms with Crippen LogP contribution >= 0.6 is 0 Å². The summed E-state index contributed by atoms with van der Waals surface area (Å²) < 4.78 is 0. The van der Waals surface area contributed by atoms with Gasteiger partial charge in [-0.05, 0) is 66.5 Å². The molecule has 0 aliphatic carbocycles. The minimum atomic E-state index is -0.159. The van der Waals surface area contributed by atoms with E-state index in [1.165, 1.54) is 38.8 Å². The Balaban J connectivity index is 2.27. The standard InChI is InChI=1S/C17H33N3/c1-15(2)20(13-16-9-5-7-11-19-16)12-8-6-10-17(3,4)14-18/h15-16,19H,5-13H2,1-4H3. The van der Waals surface area contributed by atoms with Crippen molar-refractivity contribution in [2.24, 2.45) is 5.41 Å². The Labute approximate surface area is 125 Å². The predicted octanol–water partition coefficient (Wildman–Crippen LogP) is 3.56. The van der Waals surface area contributed by atoms with Gasteiger partial charge in [-0.2, -0.15) is 5.26 Å². The molecule has 116 valence electrons. The van der Waals surface area contributed by atoms with Crippen molar-refractivity contribution in [2.45, 2.75) is 78.3 Å². The Morgan fingerprint density at radius 2 is 2.05 bits per heavy atom. The number of rotatable bonds is 8. The largest absolute Gasteiger partial charge is 0.313 e. The van der Waals surface area contributed by atoms with Crippen LogP contribution in [0.25, 0.3) is 0 Å². The molecule has 0 aromatic carbocycles. The number of hydrogen-bond acceptors (Lipinski definition) is 3. The minimum Gasteiger partial charge on any atom is -0.313 e. The normalized spacial score (nSPS) is 20.4. The lowest BCUT2D eigenvalue weighted by Gasteiger charge is -2.33. The predicted molar refractivity (Wildman–Crippen MR) is 85.6 cm³/mol. The third-order valence-corrected chi connectivity index (χ3v) is 4.40. The highest BCUT2D eigenvalue weighted by molar-refractivity contribution is 4.91. The number of nitrogens with zero attached hydrogens (tertiary/aromatic N) is 2. The van der Waals surface area contributed by atoms with E-state index >= 15 is 0 Å². The van der Waals surface area contributed by atoms with Crippen LogP contribution in [0.2, 0.25) is 0 Å². The molecule has 0 aromatic rings. The van der Waals surface area contributed by atoms with Gasteiger partial charge in [-0.3, -0.25) is 4.90 Å². The van der Waals surface area contributed by atoms with Crippen molar-refractivity contribution in [3.8, 4) is 6.07 Å². The van der Waals surface area contributed by atoms with Gasteiger partial charge in [0.25, 0.3) is 0 Å². The SMILES string of the molecule is CC(C)N(CCCCC(C)(C)C#N)CC1CCCCN1. The fourth-order valence-corrected chi connectivity index (χ4v) is 2.86. The van der Waals surface area contributed by atoms with Crippen LogP contribution in [-0.2, 0) is 0 Å². The quantitative estimate of drug-likeness (QED) is 0.691. The van der Waals surface area contributed by atoms with Crippen molar-refractivity contribution in [3.05, 3.63) is 0 Å². The average molecular weight is 279 g/mol. The second-order valence-corrected chi connectivity index (χ2v) is 7.19. The van der Waals surface area contributed by atoms with Crippen molar-refractivity contribution < 1.29 is 0 Å². The van der Waals surface area contributed by atoms with E-state index in [9.17, 15) is 0 Å². The Bertz CT molecular complexity index is 298. The van der Waals surface area contributed by atoms with Crippen molar-refractivity contribution in [1.29, 1.82) is 5.26 Å². The summed E-state index contributed by atoms with van der Waals surface area (Å²) >= 11 is 0. The molecule has 0 spiro atoms. The first-order valence-corrected chi connectivity index (χ1v) is 8.33. The van der Waals surface area contributed by atoms with Gasteiger partial charge in [-0.25, -0.2) is 0 Å². The van der Waals surface area contributed by atoms with Crippen molar-refractivity contribution >= 4 is 0 Å². The van der Waals surface area contributed by atoms with Crippen LogP contribution in [0.1, 0.15) is 66.2 Å². The summed E-state index contributed by atoms with van der Waals surface area (Å²) in [6, 6.07) is 3.69. The molecule has 3 heteroatoms. The number of unbranched alkanes of at least 4 members (excludes halogenated alkanes) is 1. The monoisotopic (exact) mass is 279 g/mol. The number of hydrogen-bond donors (Lipinski definition) is 1. The van der Waals surface area contributed by atoms with Gasteiger partial charge in [0, 0.05) is 18.6 Å². The van der Waals surface area contributed by atoms with Gasteiger partial charge < -0.3 is 5.32 Å². The van der Waals surface area contributed by atoms with Gasteiger partial charge >= 0.3 is 0 Å². The molecule has 0 saturated carbocycles. The maximum Gasteiger partial charge on any atom is 0.0683 e. The molecular weight excluding hydrogens is 246 g/mol. The smallest absolute Gasteiger partial charge is 0.0683 e. The van der Waals surface area contributed by atoms with Gasteiger partial charge in [-0.1, -0.05) is 12.8 Å². The molecule has 1 unspecified atom stereocenters. The van der Waals surface area contributed by atoms with E-state index in [0.717, 1.165) is 19.4 Å². The Hall–Kier alpha value is -0.590. The average Bonchev–Trinajstić information content (AvgIpc) is 2.43. The molecule has 0 amide bonds. The number of nitrogens with one attached hydrogen (secondary N) is 1. The van der Waals surface area contributed by atoms with Gasteiger partial charge in [0.05, 0.1) is 11.5 Å². The lowest BCUT2D eigenvalue weighted by Crippen LogP contribution is -2.46. The van der Waals surface area contributed by atoms with Crippen LogP contribution in [-0.4, -0.2) is 36.6 Å². The Morgan fingerprint density at radius 3 is 2.60 bits per heavy atom. The molecule has 1 saturated heterocycles. The number of piperidine rings is 1. The summed E-state index contributed by atoms with van der Waals surface area (Å²) in [6.45, 7) is 12.2.